The molecule has 0 saturated heterocycles. The number of nitrogens with zero attached hydrogens (tertiary/aromatic N) is 1. The summed E-state index contributed by atoms with van der Waals surface area (Å²) in [6, 6.07) is 0. The number of aliphatic imine (C=N–C) groups is 1. The van der Waals surface area contributed by atoms with Crippen molar-refractivity contribution in [3.63, 3.8) is 0 Å². The number of rotatable bonds is 2. The van der Waals surface area contributed by atoms with E-state index in [1.807, 2.05) is 6.92 Å². The normalized spacial score (nSPS) is 38.6. The molecule has 0 radical (unpaired) electrons. The first-order valence-electron chi connectivity index (χ1n) is 7.70. The molecule has 0 heterocycles. The molecule has 19 heavy (non-hydrogen) atoms. The minimum atomic E-state index is 0.402. The lowest BCUT2D eigenvalue weighted by Crippen LogP contribution is -2.49. The maximum atomic E-state index is 5.75. The fourth-order valence-corrected chi connectivity index (χ4v) is 4.73. The third-order valence-corrected chi connectivity index (χ3v) is 5.82. The van der Waals surface area contributed by atoms with Gasteiger partial charge in [-0.05, 0) is 49.9 Å². The van der Waals surface area contributed by atoms with Crippen LogP contribution in [0.5, 0.6) is 0 Å². The van der Waals surface area contributed by atoms with Crippen molar-refractivity contribution in [3.8, 4) is 0 Å². The number of nitrogens with two attached hydrogens (primary N) is 1. The van der Waals surface area contributed by atoms with Crippen molar-refractivity contribution in [1.29, 1.82) is 0 Å². The number of hydrogen-bond acceptors (Lipinski definition) is 1. The molecule has 1 saturated carbocycles. The highest BCUT2D eigenvalue weighted by atomic mass is 14.8. The summed E-state index contributed by atoms with van der Waals surface area (Å²) < 4.78 is 0. The average molecular weight is 262 g/mol. The van der Waals surface area contributed by atoms with Gasteiger partial charge in [0.1, 0.15) is 0 Å². The molecule has 0 aromatic heterocycles. The van der Waals surface area contributed by atoms with E-state index in [0.29, 0.717) is 22.6 Å². The second-order valence-electron chi connectivity index (χ2n) is 7.62. The van der Waals surface area contributed by atoms with E-state index in [4.69, 9.17) is 5.73 Å². The first kappa shape index (κ1) is 14.6. The van der Waals surface area contributed by atoms with Gasteiger partial charge in [-0.15, -0.1) is 0 Å². The van der Waals surface area contributed by atoms with Gasteiger partial charge in [0.25, 0.3) is 0 Å². The van der Waals surface area contributed by atoms with E-state index in [1.54, 1.807) is 0 Å². The molecular formula is C17H30N2. The van der Waals surface area contributed by atoms with Crippen molar-refractivity contribution >= 4 is 5.84 Å². The summed E-state index contributed by atoms with van der Waals surface area (Å²) in [6.45, 7) is 12.5. The van der Waals surface area contributed by atoms with Crippen LogP contribution in [0.15, 0.2) is 16.6 Å². The SMILES string of the molecule is CC1=CCC2C(C)(C)CCCC2(C)C1CN=C(C)N. The topological polar surface area (TPSA) is 38.4 Å². The maximum absolute atomic E-state index is 5.75. The fourth-order valence-electron chi connectivity index (χ4n) is 4.73. The Balaban J connectivity index is 2.33. The van der Waals surface area contributed by atoms with Crippen molar-refractivity contribution in [2.45, 2.75) is 60.3 Å². The molecule has 2 aliphatic rings. The quantitative estimate of drug-likeness (QED) is 0.453. The average Bonchev–Trinajstić information content (AvgIpc) is 2.26. The highest BCUT2D eigenvalue weighted by molar-refractivity contribution is 5.77. The van der Waals surface area contributed by atoms with Crippen LogP contribution in [0.4, 0.5) is 0 Å². The monoisotopic (exact) mass is 262 g/mol. The number of fused-ring (bicyclic) bond motifs is 1. The lowest BCUT2D eigenvalue weighted by atomic mass is 9.49. The van der Waals surface area contributed by atoms with E-state index in [9.17, 15) is 0 Å². The Hall–Kier alpha value is -0.790. The van der Waals surface area contributed by atoms with Crippen molar-refractivity contribution in [2.75, 3.05) is 6.54 Å². The standard InChI is InChI=1S/C17H30N2/c1-12-7-8-15-16(3,4)9-6-10-17(15,5)14(12)11-19-13(2)18/h7,14-15H,6,8-11H2,1-5H3,(H2,18,19). The van der Waals surface area contributed by atoms with Crippen LogP contribution in [-0.2, 0) is 0 Å². The van der Waals surface area contributed by atoms with Crippen molar-refractivity contribution in [1.82, 2.24) is 0 Å². The predicted octanol–water partition coefficient (Wildman–Crippen LogP) is 4.16. The highest BCUT2D eigenvalue weighted by Gasteiger charge is 2.51. The molecule has 2 N–H and O–H groups in total. The van der Waals surface area contributed by atoms with Gasteiger partial charge in [-0.25, -0.2) is 0 Å². The van der Waals surface area contributed by atoms with Crippen LogP contribution < -0.4 is 5.73 Å². The summed E-state index contributed by atoms with van der Waals surface area (Å²) in [5.74, 6) is 2.08. The van der Waals surface area contributed by atoms with Gasteiger partial charge in [-0.1, -0.05) is 38.8 Å². The molecule has 2 nitrogen and oxygen atoms in total. The summed E-state index contributed by atoms with van der Waals surface area (Å²) in [6.07, 6.45) is 7.78. The summed E-state index contributed by atoms with van der Waals surface area (Å²) in [7, 11) is 0. The molecule has 2 aliphatic carbocycles. The van der Waals surface area contributed by atoms with Gasteiger partial charge in [-0.2, -0.15) is 0 Å². The fraction of sp³-hybridized carbons (Fsp3) is 0.824. The van der Waals surface area contributed by atoms with E-state index < -0.39 is 0 Å². The zero-order valence-electron chi connectivity index (χ0n) is 13.3. The zero-order chi connectivity index (χ0) is 14.3. The molecular weight excluding hydrogens is 232 g/mol. The van der Waals surface area contributed by atoms with Gasteiger partial charge < -0.3 is 5.73 Å². The number of amidine groups is 1. The predicted molar refractivity (Wildman–Crippen MR) is 83.3 cm³/mol. The van der Waals surface area contributed by atoms with E-state index in [-0.39, 0.29) is 0 Å². The van der Waals surface area contributed by atoms with Crippen molar-refractivity contribution in [3.05, 3.63) is 11.6 Å². The van der Waals surface area contributed by atoms with Crippen molar-refractivity contribution < 1.29 is 0 Å². The van der Waals surface area contributed by atoms with Crippen LogP contribution in [0.3, 0.4) is 0 Å². The van der Waals surface area contributed by atoms with Gasteiger partial charge in [0.15, 0.2) is 0 Å². The Morgan fingerprint density at radius 1 is 1.37 bits per heavy atom. The largest absolute Gasteiger partial charge is 0.388 e. The van der Waals surface area contributed by atoms with Gasteiger partial charge in [0.2, 0.25) is 0 Å². The maximum Gasteiger partial charge on any atom is 0.0905 e. The van der Waals surface area contributed by atoms with Gasteiger partial charge in [0, 0.05) is 12.5 Å². The Labute approximate surface area is 118 Å². The third-order valence-electron chi connectivity index (χ3n) is 5.82. The van der Waals surface area contributed by atoms with Gasteiger partial charge >= 0.3 is 0 Å². The Bertz CT molecular complexity index is 401. The van der Waals surface area contributed by atoms with E-state index >= 15 is 0 Å². The number of hydrogen-bond donors (Lipinski definition) is 1. The van der Waals surface area contributed by atoms with E-state index in [1.165, 1.54) is 31.3 Å². The van der Waals surface area contributed by atoms with Crippen LogP contribution in [0.25, 0.3) is 0 Å². The zero-order valence-corrected chi connectivity index (χ0v) is 13.3. The Morgan fingerprint density at radius 3 is 2.68 bits per heavy atom. The Kier molecular flexibility index (Phi) is 3.81. The number of allylic oxidation sites excluding steroid dienone is 1. The molecule has 0 aromatic rings. The molecule has 0 aliphatic heterocycles. The molecule has 0 aromatic carbocycles. The van der Waals surface area contributed by atoms with E-state index in [0.717, 1.165) is 12.5 Å². The summed E-state index contributed by atoms with van der Waals surface area (Å²) in [5.41, 5.74) is 8.14. The molecule has 3 unspecified atom stereocenters. The molecule has 108 valence electrons. The Morgan fingerprint density at radius 2 is 2.05 bits per heavy atom. The highest BCUT2D eigenvalue weighted by Crippen LogP contribution is 2.59. The molecule has 2 rings (SSSR count). The van der Waals surface area contributed by atoms with Crippen LogP contribution in [-0.4, -0.2) is 12.4 Å². The lowest BCUT2D eigenvalue weighted by Gasteiger charge is -2.56. The molecule has 3 atom stereocenters. The summed E-state index contributed by atoms with van der Waals surface area (Å²) in [5, 5.41) is 0. The van der Waals surface area contributed by atoms with Crippen LogP contribution in [0.2, 0.25) is 0 Å². The van der Waals surface area contributed by atoms with E-state index in [2.05, 4.69) is 38.8 Å². The first-order chi connectivity index (χ1) is 8.77. The third kappa shape index (κ3) is 2.59. The van der Waals surface area contributed by atoms with Gasteiger partial charge in [-0.3, -0.25) is 4.99 Å². The van der Waals surface area contributed by atoms with Crippen LogP contribution >= 0.6 is 0 Å². The first-order valence-corrected chi connectivity index (χ1v) is 7.70. The molecule has 2 heteroatoms. The molecule has 1 fully saturated rings. The summed E-state index contributed by atoms with van der Waals surface area (Å²) >= 11 is 0. The van der Waals surface area contributed by atoms with Crippen LogP contribution in [0.1, 0.15) is 60.3 Å². The molecule has 0 bridgehead atoms. The minimum Gasteiger partial charge on any atom is -0.388 e. The molecule has 0 amide bonds. The lowest BCUT2D eigenvalue weighted by molar-refractivity contribution is -0.0342. The van der Waals surface area contributed by atoms with Crippen molar-refractivity contribution in [2.24, 2.45) is 33.4 Å². The second-order valence-corrected chi connectivity index (χ2v) is 7.62. The van der Waals surface area contributed by atoms with Crippen LogP contribution in [0, 0.1) is 22.7 Å². The smallest absolute Gasteiger partial charge is 0.0905 e. The summed E-state index contributed by atoms with van der Waals surface area (Å²) in [4.78, 5) is 4.54. The second kappa shape index (κ2) is 4.96. The van der Waals surface area contributed by atoms with Gasteiger partial charge in [0.05, 0.1) is 5.84 Å². The minimum absolute atomic E-state index is 0.402. The molecule has 0 spiro atoms.